The van der Waals surface area contributed by atoms with Gasteiger partial charge in [0, 0.05) is 18.1 Å². The van der Waals surface area contributed by atoms with E-state index in [0.717, 1.165) is 11.4 Å². The zero-order chi connectivity index (χ0) is 13.4. The molecule has 0 aliphatic carbocycles. The monoisotopic (exact) mass is 282 g/mol. The number of amides is 1. The van der Waals surface area contributed by atoms with Crippen LogP contribution < -0.4 is 9.64 Å². The summed E-state index contributed by atoms with van der Waals surface area (Å²) >= 11 is 5.99. The molecule has 1 N–H and O–H groups in total. The van der Waals surface area contributed by atoms with Crippen LogP contribution in [-0.2, 0) is 4.79 Å². The largest absolute Gasteiger partial charge is 0.490 e. The molecule has 3 rings (SSSR count). The normalized spacial score (nSPS) is 18.6. The number of fused-ring (bicyclic) bond motifs is 1. The number of halogens is 1. The first-order chi connectivity index (χ1) is 9.13. The molecule has 1 aromatic rings. The molecule has 6 heteroatoms. The summed E-state index contributed by atoms with van der Waals surface area (Å²) < 4.78 is 5.54. The summed E-state index contributed by atoms with van der Waals surface area (Å²) in [6, 6.07) is 5.41. The Morgan fingerprint density at radius 1 is 1.47 bits per heavy atom. The van der Waals surface area contributed by atoms with Crippen molar-refractivity contribution in [2.45, 2.75) is 6.10 Å². The van der Waals surface area contributed by atoms with Crippen molar-refractivity contribution in [1.29, 1.82) is 0 Å². The van der Waals surface area contributed by atoms with Gasteiger partial charge in [0.25, 0.3) is 0 Å². The van der Waals surface area contributed by atoms with E-state index in [1.54, 1.807) is 11.0 Å². The average molecular weight is 283 g/mol. The number of carbonyl (C=O) groups excluding carboxylic acids is 1. The predicted molar refractivity (Wildman–Crippen MR) is 71.7 cm³/mol. The van der Waals surface area contributed by atoms with Gasteiger partial charge < -0.3 is 19.6 Å². The summed E-state index contributed by atoms with van der Waals surface area (Å²) in [4.78, 5) is 15.7. The molecule has 5 nitrogen and oxygen atoms in total. The van der Waals surface area contributed by atoms with E-state index in [0.29, 0.717) is 37.8 Å². The number of benzene rings is 1. The fourth-order valence-electron chi connectivity index (χ4n) is 2.33. The Hall–Kier alpha value is -1.46. The Labute approximate surface area is 116 Å². The lowest BCUT2D eigenvalue weighted by atomic mass is 10.1. The van der Waals surface area contributed by atoms with Crippen molar-refractivity contribution in [3.05, 3.63) is 23.2 Å². The van der Waals surface area contributed by atoms with Gasteiger partial charge in [-0.15, -0.1) is 0 Å². The third-order valence-electron chi connectivity index (χ3n) is 3.42. The summed E-state index contributed by atoms with van der Waals surface area (Å²) in [6.45, 7) is 2.39. The number of rotatable bonds is 2. The molecule has 2 heterocycles. The third kappa shape index (κ3) is 2.48. The number of carbonyl (C=O) groups is 1. The molecule has 0 atom stereocenters. The van der Waals surface area contributed by atoms with Crippen LogP contribution in [0.1, 0.15) is 0 Å². The summed E-state index contributed by atoms with van der Waals surface area (Å²) in [5, 5.41) is 9.85. The first-order valence-electron chi connectivity index (χ1n) is 6.26. The minimum atomic E-state index is -0.365. The number of nitrogens with zero attached hydrogens (tertiary/aromatic N) is 2. The molecule has 1 amide bonds. The maximum absolute atomic E-state index is 12.0. The van der Waals surface area contributed by atoms with Crippen molar-refractivity contribution in [1.82, 2.24) is 4.90 Å². The molecule has 0 aromatic heterocycles. The van der Waals surface area contributed by atoms with Crippen LogP contribution in [0.15, 0.2) is 18.2 Å². The molecule has 0 saturated carbocycles. The number of aliphatic hydroxyl groups is 1. The Kier molecular flexibility index (Phi) is 3.24. The lowest BCUT2D eigenvalue weighted by Gasteiger charge is -2.38. The molecule has 2 aliphatic rings. The fraction of sp³-hybridized carbons (Fsp3) is 0.462. The third-order valence-corrected chi connectivity index (χ3v) is 3.66. The van der Waals surface area contributed by atoms with Gasteiger partial charge in [0.05, 0.1) is 24.9 Å². The van der Waals surface area contributed by atoms with E-state index in [1.165, 1.54) is 0 Å². The van der Waals surface area contributed by atoms with Crippen molar-refractivity contribution < 1.29 is 14.6 Å². The van der Waals surface area contributed by atoms with Gasteiger partial charge >= 0.3 is 0 Å². The van der Waals surface area contributed by atoms with E-state index >= 15 is 0 Å². The summed E-state index contributed by atoms with van der Waals surface area (Å²) in [5.41, 5.74) is 0.855. The topological polar surface area (TPSA) is 53.0 Å². The highest BCUT2D eigenvalue weighted by Crippen LogP contribution is 2.33. The van der Waals surface area contributed by atoms with Crippen LogP contribution in [0.4, 0.5) is 5.69 Å². The van der Waals surface area contributed by atoms with E-state index in [1.807, 2.05) is 17.0 Å². The van der Waals surface area contributed by atoms with Crippen LogP contribution in [-0.4, -0.2) is 54.8 Å². The van der Waals surface area contributed by atoms with E-state index in [2.05, 4.69) is 0 Å². The number of ether oxygens (including phenoxy) is 1. The van der Waals surface area contributed by atoms with Crippen molar-refractivity contribution in [3.63, 3.8) is 0 Å². The second kappa shape index (κ2) is 4.90. The summed E-state index contributed by atoms with van der Waals surface area (Å²) in [5.74, 6) is 0.783. The van der Waals surface area contributed by atoms with Gasteiger partial charge in [-0.3, -0.25) is 4.79 Å². The quantitative estimate of drug-likeness (QED) is 0.869. The van der Waals surface area contributed by atoms with E-state index < -0.39 is 0 Å². The molecule has 2 aliphatic heterocycles. The standard InChI is InChI=1S/C13H15ClN2O3/c14-9-1-2-12-11(5-9)15(3-4-19-12)8-13(18)16-6-10(17)7-16/h1-2,5,10,17H,3-4,6-8H2. The Morgan fingerprint density at radius 2 is 2.26 bits per heavy atom. The van der Waals surface area contributed by atoms with Gasteiger partial charge in [0.15, 0.2) is 0 Å². The minimum Gasteiger partial charge on any atom is -0.490 e. The van der Waals surface area contributed by atoms with Crippen LogP contribution in [0, 0.1) is 0 Å². The molecule has 19 heavy (non-hydrogen) atoms. The average Bonchev–Trinajstić information content (AvgIpc) is 2.35. The second-order valence-electron chi connectivity index (χ2n) is 4.83. The molecule has 1 fully saturated rings. The molecule has 1 saturated heterocycles. The molecule has 0 radical (unpaired) electrons. The molecule has 1 aromatic carbocycles. The van der Waals surface area contributed by atoms with Crippen molar-refractivity contribution >= 4 is 23.2 Å². The number of hydrogen-bond donors (Lipinski definition) is 1. The summed E-state index contributed by atoms with van der Waals surface area (Å²) in [7, 11) is 0. The molecule has 0 bridgehead atoms. The van der Waals surface area contributed by atoms with Crippen LogP contribution in [0.3, 0.4) is 0 Å². The van der Waals surface area contributed by atoms with E-state index in [-0.39, 0.29) is 12.0 Å². The highest BCUT2D eigenvalue weighted by Gasteiger charge is 2.30. The molecule has 0 spiro atoms. The predicted octanol–water partition coefficient (Wildman–Crippen LogP) is 0.742. The number of likely N-dealkylation sites (tertiary alicyclic amines) is 1. The fourth-order valence-corrected chi connectivity index (χ4v) is 2.50. The SMILES string of the molecule is O=C(CN1CCOc2ccc(Cl)cc21)N1CC(O)C1. The molecular formula is C13H15ClN2O3. The lowest BCUT2D eigenvalue weighted by Crippen LogP contribution is -2.56. The minimum absolute atomic E-state index is 0.0260. The highest BCUT2D eigenvalue weighted by atomic mass is 35.5. The molecule has 102 valence electrons. The molecule has 0 unspecified atom stereocenters. The van der Waals surface area contributed by atoms with Crippen molar-refractivity contribution in [2.75, 3.05) is 37.7 Å². The van der Waals surface area contributed by atoms with E-state index in [9.17, 15) is 9.90 Å². The van der Waals surface area contributed by atoms with Gasteiger partial charge in [-0.2, -0.15) is 0 Å². The van der Waals surface area contributed by atoms with Gasteiger partial charge in [0.1, 0.15) is 12.4 Å². The maximum atomic E-state index is 12.0. The van der Waals surface area contributed by atoms with E-state index in [4.69, 9.17) is 16.3 Å². The first-order valence-corrected chi connectivity index (χ1v) is 6.64. The number of anilines is 1. The van der Waals surface area contributed by atoms with Crippen LogP contribution in [0.2, 0.25) is 5.02 Å². The zero-order valence-electron chi connectivity index (χ0n) is 10.4. The van der Waals surface area contributed by atoms with Crippen LogP contribution in [0.5, 0.6) is 5.75 Å². The maximum Gasteiger partial charge on any atom is 0.242 e. The van der Waals surface area contributed by atoms with Crippen molar-refractivity contribution in [2.24, 2.45) is 0 Å². The number of β-amino-alcohol motifs (C(OH)–C–C–N with tert-alkyl or cyclic N) is 1. The second-order valence-corrected chi connectivity index (χ2v) is 5.27. The van der Waals surface area contributed by atoms with Gasteiger partial charge in [0.2, 0.25) is 5.91 Å². The number of aliphatic hydroxyl groups excluding tert-OH is 1. The van der Waals surface area contributed by atoms with Crippen LogP contribution in [0.25, 0.3) is 0 Å². The lowest BCUT2D eigenvalue weighted by molar-refractivity contribution is -0.139. The smallest absolute Gasteiger partial charge is 0.242 e. The zero-order valence-corrected chi connectivity index (χ0v) is 11.1. The van der Waals surface area contributed by atoms with Crippen molar-refractivity contribution in [3.8, 4) is 5.75 Å². The Morgan fingerprint density at radius 3 is 3.00 bits per heavy atom. The highest BCUT2D eigenvalue weighted by molar-refractivity contribution is 6.31. The summed E-state index contributed by atoms with van der Waals surface area (Å²) in [6.07, 6.45) is -0.365. The first kappa shape index (κ1) is 12.6. The Balaban J connectivity index is 1.72. The molecular weight excluding hydrogens is 268 g/mol. The number of hydrogen-bond acceptors (Lipinski definition) is 4. The van der Waals surface area contributed by atoms with Crippen LogP contribution >= 0.6 is 11.6 Å². The van der Waals surface area contributed by atoms with Gasteiger partial charge in [-0.1, -0.05) is 11.6 Å². The van der Waals surface area contributed by atoms with Gasteiger partial charge in [-0.25, -0.2) is 0 Å². The van der Waals surface area contributed by atoms with Gasteiger partial charge in [-0.05, 0) is 18.2 Å². The Bertz CT molecular complexity index is 503.